The fourth-order valence-electron chi connectivity index (χ4n) is 1.53. The first kappa shape index (κ1) is 7.68. The monoisotopic (exact) mass is 163 g/mol. The first-order valence-electron chi connectivity index (χ1n) is 4.40. The Labute approximate surface area is 72.2 Å². The maximum Gasteiger partial charge on any atom is 0.0800 e. The molecule has 1 aliphatic heterocycles. The third-order valence-electron chi connectivity index (χ3n) is 2.24. The highest BCUT2D eigenvalue weighted by atomic mass is 15.1. The fraction of sp³-hybridized carbons (Fsp3) is 0.556. The second kappa shape index (κ2) is 3.19. The lowest BCUT2D eigenvalue weighted by Crippen LogP contribution is -2.14. The molecule has 3 heteroatoms. The number of aromatic nitrogens is 2. The number of rotatable bonds is 1. The number of nitrogens with one attached hydrogen (secondary N) is 1. The molecule has 0 amide bonds. The molecule has 3 nitrogen and oxygen atoms in total. The Balaban J connectivity index is 2.17. The molecule has 64 valence electrons. The van der Waals surface area contributed by atoms with Crippen LogP contribution in [0.4, 0.5) is 0 Å². The topological polar surface area (TPSA) is 37.8 Å². The molecule has 1 fully saturated rings. The van der Waals surface area contributed by atoms with Crippen LogP contribution in [0.5, 0.6) is 0 Å². The van der Waals surface area contributed by atoms with Crippen LogP contribution < -0.4 is 5.32 Å². The van der Waals surface area contributed by atoms with Crippen molar-refractivity contribution in [3.05, 3.63) is 23.5 Å². The van der Waals surface area contributed by atoms with Gasteiger partial charge in [-0.25, -0.2) is 0 Å². The van der Waals surface area contributed by atoms with E-state index < -0.39 is 0 Å². The zero-order valence-electron chi connectivity index (χ0n) is 7.25. The van der Waals surface area contributed by atoms with Crippen molar-refractivity contribution in [2.24, 2.45) is 0 Å². The van der Waals surface area contributed by atoms with Gasteiger partial charge in [-0.15, -0.1) is 0 Å². The van der Waals surface area contributed by atoms with Crippen LogP contribution in [-0.4, -0.2) is 16.7 Å². The van der Waals surface area contributed by atoms with Gasteiger partial charge in [0.05, 0.1) is 17.4 Å². The minimum Gasteiger partial charge on any atom is -0.309 e. The van der Waals surface area contributed by atoms with Crippen molar-refractivity contribution in [1.29, 1.82) is 0 Å². The minimum absolute atomic E-state index is 0.443. The summed E-state index contributed by atoms with van der Waals surface area (Å²) in [4.78, 5) is 0. The molecule has 0 spiro atoms. The molecule has 1 saturated heterocycles. The largest absolute Gasteiger partial charge is 0.309 e. The van der Waals surface area contributed by atoms with E-state index in [2.05, 4.69) is 21.6 Å². The van der Waals surface area contributed by atoms with Crippen LogP contribution >= 0.6 is 0 Å². The molecular weight excluding hydrogens is 150 g/mol. The van der Waals surface area contributed by atoms with Crippen LogP contribution in [0.2, 0.25) is 0 Å². The Hall–Kier alpha value is -0.960. The van der Waals surface area contributed by atoms with E-state index in [-0.39, 0.29) is 0 Å². The summed E-state index contributed by atoms with van der Waals surface area (Å²) in [6.07, 6.45) is 2.44. The highest BCUT2D eigenvalue weighted by Gasteiger charge is 2.16. The molecule has 1 aliphatic rings. The van der Waals surface area contributed by atoms with E-state index in [9.17, 15) is 0 Å². The Kier molecular flexibility index (Phi) is 2.04. The van der Waals surface area contributed by atoms with Crippen molar-refractivity contribution in [3.8, 4) is 0 Å². The van der Waals surface area contributed by atoms with Crippen molar-refractivity contribution in [2.45, 2.75) is 25.8 Å². The summed E-state index contributed by atoms with van der Waals surface area (Å²) in [5, 5.41) is 11.6. The minimum atomic E-state index is 0.443. The van der Waals surface area contributed by atoms with Gasteiger partial charge in [-0.2, -0.15) is 10.2 Å². The second-order valence-electron chi connectivity index (χ2n) is 3.25. The molecule has 0 aromatic carbocycles. The molecule has 0 radical (unpaired) electrons. The average Bonchev–Trinajstić information content (AvgIpc) is 2.58. The molecule has 1 aromatic rings. The molecule has 1 atom stereocenters. The zero-order chi connectivity index (χ0) is 8.39. The first-order valence-corrected chi connectivity index (χ1v) is 4.40. The quantitative estimate of drug-likeness (QED) is 0.676. The summed E-state index contributed by atoms with van der Waals surface area (Å²) < 4.78 is 0. The van der Waals surface area contributed by atoms with Gasteiger partial charge in [0, 0.05) is 0 Å². The third-order valence-corrected chi connectivity index (χ3v) is 2.24. The standard InChI is InChI=1S/C9H13N3/c1-7-4-5-9(12-11-7)8-3-2-6-10-8/h4-5,8,10H,2-3,6H2,1H3. The lowest BCUT2D eigenvalue weighted by Gasteiger charge is -2.07. The van der Waals surface area contributed by atoms with Gasteiger partial charge >= 0.3 is 0 Å². The number of nitrogens with zero attached hydrogens (tertiary/aromatic N) is 2. The molecule has 1 N–H and O–H groups in total. The third kappa shape index (κ3) is 1.46. The predicted octanol–water partition coefficient (Wildman–Crippen LogP) is 1.21. The SMILES string of the molecule is Cc1ccc(C2CCCN2)nn1. The Morgan fingerprint density at radius 1 is 1.42 bits per heavy atom. The Morgan fingerprint density at radius 3 is 2.92 bits per heavy atom. The molecule has 2 heterocycles. The van der Waals surface area contributed by atoms with E-state index in [0.717, 1.165) is 17.9 Å². The van der Waals surface area contributed by atoms with E-state index in [1.807, 2.05) is 13.0 Å². The molecule has 0 saturated carbocycles. The van der Waals surface area contributed by atoms with Crippen LogP contribution in [0.15, 0.2) is 12.1 Å². The lowest BCUT2D eigenvalue weighted by atomic mass is 10.1. The highest BCUT2D eigenvalue weighted by Crippen LogP contribution is 2.20. The van der Waals surface area contributed by atoms with Crippen LogP contribution in [-0.2, 0) is 0 Å². The summed E-state index contributed by atoms with van der Waals surface area (Å²) in [5.41, 5.74) is 2.06. The highest BCUT2D eigenvalue weighted by molar-refractivity contribution is 5.10. The maximum absolute atomic E-state index is 4.15. The Bertz CT molecular complexity index is 249. The van der Waals surface area contributed by atoms with Crippen molar-refractivity contribution >= 4 is 0 Å². The van der Waals surface area contributed by atoms with Gasteiger partial charge in [0.15, 0.2) is 0 Å². The van der Waals surface area contributed by atoms with E-state index in [4.69, 9.17) is 0 Å². The molecule has 0 bridgehead atoms. The second-order valence-corrected chi connectivity index (χ2v) is 3.25. The van der Waals surface area contributed by atoms with Crippen LogP contribution in [0.25, 0.3) is 0 Å². The van der Waals surface area contributed by atoms with Crippen LogP contribution in [0.1, 0.15) is 30.3 Å². The van der Waals surface area contributed by atoms with E-state index in [1.54, 1.807) is 0 Å². The van der Waals surface area contributed by atoms with Crippen molar-refractivity contribution in [2.75, 3.05) is 6.54 Å². The van der Waals surface area contributed by atoms with Gasteiger partial charge in [0.2, 0.25) is 0 Å². The predicted molar refractivity (Wildman–Crippen MR) is 46.7 cm³/mol. The number of hydrogen-bond donors (Lipinski definition) is 1. The van der Waals surface area contributed by atoms with Gasteiger partial charge in [-0.1, -0.05) is 0 Å². The van der Waals surface area contributed by atoms with E-state index in [0.29, 0.717) is 6.04 Å². The van der Waals surface area contributed by atoms with Gasteiger partial charge < -0.3 is 5.32 Å². The summed E-state index contributed by atoms with van der Waals surface area (Å²) >= 11 is 0. The zero-order valence-corrected chi connectivity index (χ0v) is 7.25. The molecule has 1 unspecified atom stereocenters. The van der Waals surface area contributed by atoms with E-state index >= 15 is 0 Å². The smallest absolute Gasteiger partial charge is 0.0800 e. The summed E-state index contributed by atoms with van der Waals surface area (Å²) in [6.45, 7) is 3.07. The molecule has 12 heavy (non-hydrogen) atoms. The number of hydrogen-bond acceptors (Lipinski definition) is 3. The van der Waals surface area contributed by atoms with Crippen molar-refractivity contribution in [1.82, 2.24) is 15.5 Å². The van der Waals surface area contributed by atoms with Crippen molar-refractivity contribution in [3.63, 3.8) is 0 Å². The molecule has 1 aromatic heterocycles. The normalized spacial score (nSPS) is 22.9. The summed E-state index contributed by atoms with van der Waals surface area (Å²) in [5.74, 6) is 0. The van der Waals surface area contributed by atoms with Gasteiger partial charge in [0.1, 0.15) is 0 Å². The molecule has 2 rings (SSSR count). The van der Waals surface area contributed by atoms with Gasteiger partial charge in [0.25, 0.3) is 0 Å². The summed E-state index contributed by atoms with van der Waals surface area (Å²) in [7, 11) is 0. The maximum atomic E-state index is 4.15. The first-order chi connectivity index (χ1) is 5.86. The fourth-order valence-corrected chi connectivity index (χ4v) is 1.53. The molecule has 0 aliphatic carbocycles. The van der Waals surface area contributed by atoms with Gasteiger partial charge in [-0.05, 0) is 38.4 Å². The van der Waals surface area contributed by atoms with Crippen molar-refractivity contribution < 1.29 is 0 Å². The average molecular weight is 163 g/mol. The Morgan fingerprint density at radius 2 is 2.33 bits per heavy atom. The van der Waals surface area contributed by atoms with Crippen LogP contribution in [0, 0.1) is 6.92 Å². The lowest BCUT2D eigenvalue weighted by molar-refractivity contribution is 0.615. The summed E-state index contributed by atoms with van der Waals surface area (Å²) in [6, 6.07) is 4.52. The number of aryl methyl sites for hydroxylation is 1. The molecular formula is C9H13N3. The van der Waals surface area contributed by atoms with E-state index in [1.165, 1.54) is 12.8 Å². The van der Waals surface area contributed by atoms with Crippen LogP contribution in [0.3, 0.4) is 0 Å². The van der Waals surface area contributed by atoms with Gasteiger partial charge in [-0.3, -0.25) is 0 Å².